The minimum absolute atomic E-state index is 0.247. The third kappa shape index (κ3) is 6.96. The number of nitrogens with zero attached hydrogens (tertiary/aromatic N) is 2. The van der Waals surface area contributed by atoms with Crippen molar-refractivity contribution >= 4 is 5.96 Å². The lowest BCUT2D eigenvalue weighted by Gasteiger charge is -2.34. The molecule has 26 heavy (non-hydrogen) atoms. The van der Waals surface area contributed by atoms with Gasteiger partial charge >= 0.3 is 0 Å². The quantitative estimate of drug-likeness (QED) is 0.568. The van der Waals surface area contributed by atoms with E-state index >= 15 is 0 Å². The number of nitrogens with one attached hydrogen (secondary N) is 1. The summed E-state index contributed by atoms with van der Waals surface area (Å²) < 4.78 is 11.5. The number of hydrogen-bond acceptors (Lipinski definition) is 3. The molecule has 0 bridgehead atoms. The number of hydrogen-bond donors (Lipinski definition) is 1. The summed E-state index contributed by atoms with van der Waals surface area (Å²) in [5.41, 5.74) is 2.42. The lowest BCUT2D eigenvalue weighted by molar-refractivity contribution is 0.0263. The smallest absolute Gasteiger partial charge is 0.194 e. The molecule has 0 aromatic heterocycles. The summed E-state index contributed by atoms with van der Waals surface area (Å²) in [4.78, 5) is 7.22. The number of benzene rings is 1. The van der Waals surface area contributed by atoms with Crippen molar-refractivity contribution in [1.29, 1.82) is 0 Å². The predicted octanol–water partition coefficient (Wildman–Crippen LogP) is 3.58. The maximum Gasteiger partial charge on any atom is 0.194 e. The Kier molecular flexibility index (Phi) is 8.92. The average molecular weight is 362 g/mol. The van der Waals surface area contributed by atoms with Gasteiger partial charge in [-0.05, 0) is 51.7 Å². The maximum atomic E-state index is 5.75. The molecule has 5 nitrogen and oxygen atoms in total. The van der Waals surface area contributed by atoms with Crippen LogP contribution >= 0.6 is 0 Å². The van der Waals surface area contributed by atoms with Crippen LogP contribution in [-0.2, 0) is 22.6 Å². The molecular formula is C21H35N3O2. The highest BCUT2D eigenvalue weighted by Gasteiger charge is 2.21. The van der Waals surface area contributed by atoms with Gasteiger partial charge in [-0.1, -0.05) is 24.3 Å². The number of rotatable bonds is 8. The van der Waals surface area contributed by atoms with E-state index in [9.17, 15) is 0 Å². The highest BCUT2D eigenvalue weighted by atomic mass is 16.5. The normalized spacial score (nSPS) is 16.3. The molecule has 0 amide bonds. The van der Waals surface area contributed by atoms with E-state index < -0.39 is 0 Å². The molecule has 0 saturated carbocycles. The Balaban J connectivity index is 1.95. The number of likely N-dealkylation sites (tertiary alicyclic amines) is 1. The minimum Gasteiger partial charge on any atom is -0.378 e. The standard InChI is InChI=1S/C21H35N3O2/c1-5-22-21(24-12-10-20(11-13-24)25-6-2)23-15-18-8-7-9-19(14-18)16-26-17(3)4/h7-9,14,17,20H,5-6,10-13,15-16H2,1-4H3,(H,22,23). The van der Waals surface area contributed by atoms with Crippen molar-refractivity contribution in [3.05, 3.63) is 35.4 Å². The summed E-state index contributed by atoms with van der Waals surface area (Å²) in [6, 6.07) is 8.52. The van der Waals surface area contributed by atoms with Gasteiger partial charge in [0.2, 0.25) is 0 Å². The van der Waals surface area contributed by atoms with Gasteiger partial charge in [-0.3, -0.25) is 0 Å². The van der Waals surface area contributed by atoms with Gasteiger partial charge in [0.25, 0.3) is 0 Å². The van der Waals surface area contributed by atoms with Gasteiger partial charge in [-0.15, -0.1) is 0 Å². The molecule has 2 rings (SSSR count). The molecule has 1 fully saturated rings. The third-order valence-electron chi connectivity index (χ3n) is 4.46. The van der Waals surface area contributed by atoms with Gasteiger partial charge in [0, 0.05) is 26.2 Å². The van der Waals surface area contributed by atoms with E-state index in [-0.39, 0.29) is 6.10 Å². The van der Waals surface area contributed by atoms with Crippen LogP contribution in [0.3, 0.4) is 0 Å². The summed E-state index contributed by atoms with van der Waals surface area (Å²) >= 11 is 0. The maximum absolute atomic E-state index is 5.75. The molecule has 5 heteroatoms. The lowest BCUT2D eigenvalue weighted by atomic mass is 10.1. The van der Waals surface area contributed by atoms with Gasteiger partial charge in [-0.25, -0.2) is 4.99 Å². The number of aliphatic imine (C=N–C) groups is 1. The second kappa shape index (κ2) is 11.2. The molecule has 0 radical (unpaired) electrons. The molecule has 0 atom stereocenters. The van der Waals surface area contributed by atoms with E-state index in [1.807, 2.05) is 0 Å². The Labute approximate surface area is 158 Å². The molecule has 1 aromatic rings. The number of guanidine groups is 1. The third-order valence-corrected chi connectivity index (χ3v) is 4.46. The monoisotopic (exact) mass is 361 g/mol. The summed E-state index contributed by atoms with van der Waals surface area (Å²) in [5.74, 6) is 1.01. The Bertz CT molecular complexity index is 552. The topological polar surface area (TPSA) is 46.1 Å². The molecule has 1 N–H and O–H groups in total. The van der Waals surface area contributed by atoms with Crippen LogP contribution in [0.15, 0.2) is 29.3 Å². The number of piperidine rings is 1. The van der Waals surface area contributed by atoms with Crippen LogP contribution in [0, 0.1) is 0 Å². The van der Waals surface area contributed by atoms with Crippen molar-refractivity contribution in [2.75, 3.05) is 26.2 Å². The van der Waals surface area contributed by atoms with Crippen molar-refractivity contribution in [3.63, 3.8) is 0 Å². The zero-order chi connectivity index (χ0) is 18.8. The Morgan fingerprint density at radius 1 is 1.23 bits per heavy atom. The zero-order valence-electron chi connectivity index (χ0n) is 16.8. The molecule has 0 spiro atoms. The fourth-order valence-corrected chi connectivity index (χ4v) is 3.14. The van der Waals surface area contributed by atoms with Gasteiger partial charge < -0.3 is 19.7 Å². The van der Waals surface area contributed by atoms with E-state index in [0.29, 0.717) is 19.3 Å². The van der Waals surface area contributed by atoms with E-state index in [2.05, 4.69) is 62.2 Å². The predicted molar refractivity (Wildman–Crippen MR) is 107 cm³/mol. The first-order valence-electron chi connectivity index (χ1n) is 9.96. The van der Waals surface area contributed by atoms with E-state index in [4.69, 9.17) is 14.5 Å². The fourth-order valence-electron chi connectivity index (χ4n) is 3.14. The van der Waals surface area contributed by atoms with Crippen molar-refractivity contribution in [2.24, 2.45) is 4.99 Å². The van der Waals surface area contributed by atoms with E-state index in [0.717, 1.165) is 45.0 Å². The Hall–Kier alpha value is -1.59. The first kappa shape index (κ1) is 20.7. The van der Waals surface area contributed by atoms with Crippen LogP contribution in [-0.4, -0.2) is 49.3 Å². The first-order chi connectivity index (χ1) is 12.6. The van der Waals surface area contributed by atoms with Crippen molar-refractivity contribution < 1.29 is 9.47 Å². The minimum atomic E-state index is 0.247. The highest BCUT2D eigenvalue weighted by molar-refractivity contribution is 5.80. The zero-order valence-corrected chi connectivity index (χ0v) is 16.8. The first-order valence-corrected chi connectivity index (χ1v) is 9.96. The molecule has 1 aliphatic rings. The largest absolute Gasteiger partial charge is 0.378 e. The molecule has 146 valence electrons. The molecule has 0 aliphatic carbocycles. The second-order valence-electron chi connectivity index (χ2n) is 6.99. The SMILES string of the molecule is CCNC(=NCc1cccc(COC(C)C)c1)N1CCC(OCC)CC1. The van der Waals surface area contributed by atoms with Crippen molar-refractivity contribution in [3.8, 4) is 0 Å². The van der Waals surface area contributed by atoms with E-state index in [1.54, 1.807) is 0 Å². The second-order valence-corrected chi connectivity index (χ2v) is 6.99. The summed E-state index contributed by atoms with van der Waals surface area (Å²) in [7, 11) is 0. The van der Waals surface area contributed by atoms with E-state index in [1.165, 1.54) is 11.1 Å². The van der Waals surface area contributed by atoms with Crippen molar-refractivity contribution in [2.45, 2.75) is 65.9 Å². The molecule has 0 unspecified atom stereocenters. The molecule has 1 saturated heterocycles. The van der Waals surface area contributed by atoms with Crippen LogP contribution in [0.2, 0.25) is 0 Å². The molecule has 1 aliphatic heterocycles. The van der Waals surface area contributed by atoms with Crippen LogP contribution in [0.4, 0.5) is 0 Å². The van der Waals surface area contributed by atoms with Crippen molar-refractivity contribution in [1.82, 2.24) is 10.2 Å². The summed E-state index contributed by atoms with van der Waals surface area (Å²) in [6.45, 7) is 13.3. The van der Waals surface area contributed by atoms with Crippen LogP contribution in [0.25, 0.3) is 0 Å². The summed E-state index contributed by atoms with van der Waals surface area (Å²) in [5, 5.41) is 3.43. The average Bonchev–Trinajstić information content (AvgIpc) is 2.65. The van der Waals surface area contributed by atoms with Crippen LogP contribution in [0.1, 0.15) is 51.7 Å². The van der Waals surface area contributed by atoms with Gasteiger partial charge in [-0.2, -0.15) is 0 Å². The lowest BCUT2D eigenvalue weighted by Crippen LogP contribution is -2.47. The molecule has 1 aromatic carbocycles. The van der Waals surface area contributed by atoms with Crippen LogP contribution in [0.5, 0.6) is 0 Å². The molecule has 1 heterocycles. The Morgan fingerprint density at radius 2 is 1.96 bits per heavy atom. The molecular weight excluding hydrogens is 326 g/mol. The van der Waals surface area contributed by atoms with Gasteiger partial charge in [0.15, 0.2) is 5.96 Å². The van der Waals surface area contributed by atoms with Gasteiger partial charge in [0.1, 0.15) is 0 Å². The van der Waals surface area contributed by atoms with Crippen LogP contribution < -0.4 is 5.32 Å². The highest BCUT2D eigenvalue weighted by Crippen LogP contribution is 2.14. The fraction of sp³-hybridized carbons (Fsp3) is 0.667. The number of ether oxygens (including phenoxy) is 2. The Morgan fingerprint density at radius 3 is 2.62 bits per heavy atom. The summed E-state index contributed by atoms with van der Waals surface area (Å²) in [6.07, 6.45) is 2.79. The van der Waals surface area contributed by atoms with Gasteiger partial charge in [0.05, 0.1) is 25.4 Å².